The monoisotopic (exact) mass is 324 g/mol. The molecular weight excluding hydrogens is 303 g/mol. The number of benzene rings is 1. The smallest absolute Gasteiger partial charge is 0.212 e. The molecule has 4 nitrogen and oxygen atoms in total. The molecule has 0 amide bonds. The van der Waals surface area contributed by atoms with Crippen molar-refractivity contribution in [1.82, 2.24) is 4.31 Å². The normalized spacial score (nSPS) is 22.6. The predicted molar refractivity (Wildman–Crippen MR) is 82.9 cm³/mol. The first-order chi connectivity index (χ1) is 10.5. The minimum atomic E-state index is -3.38. The molecule has 0 saturated carbocycles. The molecule has 0 bridgehead atoms. The van der Waals surface area contributed by atoms with Crippen molar-refractivity contribution >= 4 is 10.0 Å². The van der Waals surface area contributed by atoms with E-state index in [0.717, 1.165) is 6.42 Å². The average molecular weight is 324 g/mol. The Labute approximate surface area is 131 Å². The second-order valence-electron chi connectivity index (χ2n) is 5.81. The Bertz CT molecular complexity index is 654. The summed E-state index contributed by atoms with van der Waals surface area (Å²) in [5.74, 6) is -0.133. The van der Waals surface area contributed by atoms with Gasteiger partial charge < -0.3 is 0 Å². The van der Waals surface area contributed by atoms with Crippen molar-refractivity contribution in [3.8, 4) is 6.07 Å². The highest BCUT2D eigenvalue weighted by molar-refractivity contribution is 7.89. The number of nitriles is 1. The second-order valence-corrected chi connectivity index (χ2v) is 7.85. The van der Waals surface area contributed by atoms with E-state index in [2.05, 4.69) is 0 Å². The van der Waals surface area contributed by atoms with Gasteiger partial charge in [-0.25, -0.2) is 12.8 Å². The number of rotatable bonds is 6. The van der Waals surface area contributed by atoms with Gasteiger partial charge in [0.2, 0.25) is 10.0 Å². The van der Waals surface area contributed by atoms with Gasteiger partial charge in [0.25, 0.3) is 0 Å². The van der Waals surface area contributed by atoms with Gasteiger partial charge in [-0.3, -0.25) is 0 Å². The van der Waals surface area contributed by atoms with Crippen molar-refractivity contribution in [3.63, 3.8) is 0 Å². The largest absolute Gasteiger partial charge is 0.214 e. The van der Waals surface area contributed by atoms with E-state index in [4.69, 9.17) is 5.26 Å². The van der Waals surface area contributed by atoms with Gasteiger partial charge in [-0.15, -0.1) is 0 Å². The third-order valence-electron chi connectivity index (χ3n) is 4.14. The highest BCUT2D eigenvalue weighted by atomic mass is 32.2. The molecule has 1 saturated heterocycles. The minimum absolute atomic E-state index is 0.0488. The topological polar surface area (TPSA) is 61.2 Å². The van der Waals surface area contributed by atoms with Crippen LogP contribution in [0.25, 0.3) is 0 Å². The second kappa shape index (κ2) is 7.21. The van der Waals surface area contributed by atoms with E-state index in [0.29, 0.717) is 31.4 Å². The Morgan fingerprint density at radius 3 is 2.86 bits per heavy atom. The maximum atomic E-state index is 13.5. The van der Waals surface area contributed by atoms with Gasteiger partial charge in [0.15, 0.2) is 0 Å². The van der Waals surface area contributed by atoms with Gasteiger partial charge in [-0.2, -0.15) is 9.57 Å². The van der Waals surface area contributed by atoms with E-state index in [1.54, 1.807) is 12.1 Å². The molecule has 0 N–H and O–H groups in total. The van der Waals surface area contributed by atoms with Crippen molar-refractivity contribution < 1.29 is 12.8 Å². The van der Waals surface area contributed by atoms with E-state index < -0.39 is 10.0 Å². The average Bonchev–Trinajstić information content (AvgIpc) is 2.86. The van der Waals surface area contributed by atoms with Crippen molar-refractivity contribution in [2.75, 3.05) is 12.3 Å². The summed E-state index contributed by atoms with van der Waals surface area (Å²) in [6, 6.07) is 7.92. The van der Waals surface area contributed by atoms with Crippen LogP contribution in [0.15, 0.2) is 24.3 Å². The van der Waals surface area contributed by atoms with Crippen molar-refractivity contribution in [3.05, 3.63) is 35.6 Å². The maximum absolute atomic E-state index is 13.5. The number of hydrogen-bond acceptors (Lipinski definition) is 3. The molecule has 0 aliphatic carbocycles. The zero-order valence-corrected chi connectivity index (χ0v) is 13.5. The van der Waals surface area contributed by atoms with E-state index in [1.807, 2.05) is 13.0 Å². The van der Waals surface area contributed by atoms with E-state index in [9.17, 15) is 12.8 Å². The molecule has 120 valence electrons. The number of nitrogens with zero attached hydrogens (tertiary/aromatic N) is 2. The van der Waals surface area contributed by atoms with Crippen LogP contribution in [0.3, 0.4) is 0 Å². The summed E-state index contributed by atoms with van der Waals surface area (Å²) in [6.45, 7) is 2.48. The molecule has 6 heteroatoms. The van der Waals surface area contributed by atoms with Crippen LogP contribution in [0.5, 0.6) is 0 Å². The lowest BCUT2D eigenvalue weighted by Crippen LogP contribution is -2.33. The molecule has 1 fully saturated rings. The lowest BCUT2D eigenvalue weighted by molar-refractivity contribution is 0.355. The van der Waals surface area contributed by atoms with Crippen LogP contribution in [-0.4, -0.2) is 25.0 Å². The molecule has 0 aromatic heterocycles. The van der Waals surface area contributed by atoms with Gasteiger partial charge in [-0.1, -0.05) is 19.1 Å². The van der Waals surface area contributed by atoms with Crippen LogP contribution in [0, 0.1) is 23.1 Å². The third kappa shape index (κ3) is 3.84. The first kappa shape index (κ1) is 16.9. The molecule has 1 heterocycles. The summed E-state index contributed by atoms with van der Waals surface area (Å²) in [5, 5.41) is 8.51. The van der Waals surface area contributed by atoms with Gasteiger partial charge in [-0.05, 0) is 42.9 Å². The Morgan fingerprint density at radius 2 is 2.18 bits per heavy atom. The molecule has 1 aromatic carbocycles. The summed E-state index contributed by atoms with van der Waals surface area (Å²) in [5.41, 5.74) is 0.714. The van der Waals surface area contributed by atoms with Crippen LogP contribution in [0.4, 0.5) is 4.39 Å². The molecule has 22 heavy (non-hydrogen) atoms. The van der Waals surface area contributed by atoms with Crippen LogP contribution in [-0.2, 0) is 10.0 Å². The van der Waals surface area contributed by atoms with Crippen LogP contribution in [0.2, 0.25) is 0 Å². The third-order valence-corrected chi connectivity index (χ3v) is 6.07. The summed E-state index contributed by atoms with van der Waals surface area (Å²) < 4.78 is 40.1. The molecule has 1 aromatic rings. The molecule has 2 atom stereocenters. The molecule has 0 spiro atoms. The molecule has 1 aliphatic rings. The SMILES string of the molecule is C[C@H]1CCN(S(=O)(=O)CCCCC#N)[C@@H]1c1cccc(F)c1. The van der Waals surface area contributed by atoms with E-state index >= 15 is 0 Å². The van der Waals surface area contributed by atoms with Gasteiger partial charge >= 0.3 is 0 Å². The van der Waals surface area contributed by atoms with Gasteiger partial charge in [0, 0.05) is 13.0 Å². The van der Waals surface area contributed by atoms with Crippen molar-refractivity contribution in [2.24, 2.45) is 5.92 Å². The van der Waals surface area contributed by atoms with Gasteiger partial charge in [0.05, 0.1) is 17.9 Å². The molecular formula is C16H21FN2O2S. The van der Waals surface area contributed by atoms with Crippen molar-refractivity contribution in [1.29, 1.82) is 5.26 Å². The fraction of sp³-hybridized carbons (Fsp3) is 0.562. The summed E-state index contributed by atoms with van der Waals surface area (Å²) >= 11 is 0. The highest BCUT2D eigenvalue weighted by Gasteiger charge is 2.39. The first-order valence-corrected chi connectivity index (χ1v) is 9.18. The molecule has 2 rings (SSSR count). The fourth-order valence-electron chi connectivity index (χ4n) is 3.01. The van der Waals surface area contributed by atoms with Gasteiger partial charge in [0.1, 0.15) is 5.82 Å². The number of sulfonamides is 1. The Morgan fingerprint density at radius 1 is 1.41 bits per heavy atom. The Kier molecular flexibility index (Phi) is 5.54. The van der Waals surface area contributed by atoms with Crippen LogP contribution >= 0.6 is 0 Å². The molecule has 0 radical (unpaired) electrons. The quantitative estimate of drug-likeness (QED) is 0.755. The summed E-state index contributed by atoms with van der Waals surface area (Å²) in [4.78, 5) is 0. The summed E-state index contributed by atoms with van der Waals surface area (Å²) in [7, 11) is -3.38. The Balaban J connectivity index is 2.17. The zero-order chi connectivity index (χ0) is 16.2. The fourth-order valence-corrected chi connectivity index (χ4v) is 4.88. The number of hydrogen-bond donors (Lipinski definition) is 0. The van der Waals surface area contributed by atoms with Crippen LogP contribution < -0.4 is 0 Å². The minimum Gasteiger partial charge on any atom is -0.212 e. The summed E-state index contributed by atoms with van der Waals surface area (Å²) in [6.07, 6.45) is 2.22. The lowest BCUT2D eigenvalue weighted by Gasteiger charge is -2.27. The zero-order valence-electron chi connectivity index (χ0n) is 12.7. The van der Waals surface area contributed by atoms with Crippen LogP contribution in [0.1, 0.15) is 44.2 Å². The lowest BCUT2D eigenvalue weighted by atomic mass is 9.96. The first-order valence-electron chi connectivity index (χ1n) is 7.57. The number of halogens is 1. The molecule has 1 aliphatic heterocycles. The van der Waals surface area contributed by atoms with E-state index in [1.165, 1.54) is 16.4 Å². The standard InChI is InChI=1S/C16H21FN2O2S/c1-13-8-10-19(22(20,21)11-4-2-3-9-18)16(13)14-6-5-7-15(17)12-14/h5-7,12-13,16H,2-4,8,10-11H2,1H3/t13-,16-/m0/s1. The molecule has 0 unspecified atom stereocenters. The predicted octanol–water partition coefficient (Wildman–Crippen LogP) is 3.23. The maximum Gasteiger partial charge on any atom is 0.214 e. The van der Waals surface area contributed by atoms with Crippen molar-refractivity contribution in [2.45, 2.75) is 38.6 Å². The highest BCUT2D eigenvalue weighted by Crippen LogP contribution is 2.39. The Hall–Kier alpha value is -1.45. The number of unbranched alkanes of at least 4 members (excludes halogenated alkanes) is 2. The van der Waals surface area contributed by atoms with E-state index in [-0.39, 0.29) is 23.5 Å².